The number of hydrogen-bond acceptors (Lipinski definition) is 1. The molecule has 3 fully saturated rings. The van der Waals surface area contributed by atoms with Crippen molar-refractivity contribution in [1.29, 1.82) is 0 Å². The van der Waals surface area contributed by atoms with Crippen LogP contribution in [0.3, 0.4) is 0 Å². The monoisotopic (exact) mass is 494 g/mol. The zero-order valence-corrected chi connectivity index (χ0v) is 22.8. The number of hydrogen-bond donors (Lipinski definition) is 0. The van der Waals surface area contributed by atoms with Crippen molar-refractivity contribution < 1.29 is 0 Å². The maximum absolute atomic E-state index is 5.72. The van der Waals surface area contributed by atoms with Crippen LogP contribution in [0.15, 0.2) is 4.99 Å². The molecule has 0 aromatic rings. The van der Waals surface area contributed by atoms with E-state index in [4.69, 9.17) is 4.99 Å². The van der Waals surface area contributed by atoms with Gasteiger partial charge in [0.1, 0.15) is 0 Å². The third-order valence-corrected chi connectivity index (χ3v) is 15.8. The average molecular weight is 493 g/mol. The summed E-state index contributed by atoms with van der Waals surface area (Å²) >= 11 is -2.23. The molecule has 3 rings (SSSR count). The Morgan fingerprint density at radius 2 is 1.43 bits per heavy atom. The van der Waals surface area contributed by atoms with Crippen molar-refractivity contribution in [2.75, 3.05) is 0 Å². The van der Waals surface area contributed by atoms with Gasteiger partial charge in [-0.25, -0.2) is 0 Å². The first-order valence-electron chi connectivity index (χ1n) is 12.7. The Kier molecular flexibility index (Phi) is 7.92. The predicted octanol–water partition coefficient (Wildman–Crippen LogP) is 7.65. The quantitative estimate of drug-likeness (QED) is 0.347. The third-order valence-electron chi connectivity index (χ3n) is 8.52. The molecule has 1 heterocycles. The Balaban J connectivity index is 2.10. The van der Waals surface area contributed by atoms with Gasteiger partial charge in [-0.2, -0.15) is 0 Å². The second-order valence-corrected chi connectivity index (χ2v) is 26.3. The number of rotatable bonds is 6. The van der Waals surface area contributed by atoms with Crippen LogP contribution in [0.1, 0.15) is 97.8 Å². The topological polar surface area (TPSA) is 15.6 Å². The van der Waals surface area contributed by atoms with E-state index in [0.29, 0.717) is 11.4 Å². The second kappa shape index (κ2) is 9.64. The van der Waals surface area contributed by atoms with Crippen molar-refractivity contribution in [3.63, 3.8) is 0 Å². The van der Waals surface area contributed by atoms with Crippen molar-refractivity contribution >= 4 is 31.1 Å². The molecule has 0 aromatic heterocycles. The summed E-state index contributed by atoms with van der Waals surface area (Å²) < 4.78 is 0.811. The summed E-state index contributed by atoms with van der Waals surface area (Å²) in [4.78, 5) is 16.8. The van der Waals surface area contributed by atoms with Gasteiger partial charge in [-0.1, -0.05) is 0 Å². The van der Waals surface area contributed by atoms with Gasteiger partial charge < -0.3 is 0 Å². The first-order valence-corrected chi connectivity index (χ1v) is 23.0. The van der Waals surface area contributed by atoms with Crippen LogP contribution >= 0.6 is 0 Å². The van der Waals surface area contributed by atoms with Gasteiger partial charge in [-0.05, 0) is 0 Å². The first-order chi connectivity index (χ1) is 13.4. The third kappa shape index (κ3) is 4.35. The minimum atomic E-state index is -2.23. The molecule has 0 aromatic carbocycles. The fraction of sp³-hybridized carbons (Fsp3) is 0.958. The predicted molar refractivity (Wildman–Crippen MR) is 130 cm³/mol. The molecule has 2 aliphatic carbocycles. The molecule has 1 aliphatic heterocycles. The summed E-state index contributed by atoms with van der Waals surface area (Å²) in [7, 11) is 0. The van der Waals surface area contributed by atoms with E-state index in [9.17, 15) is 0 Å². The zero-order valence-electron chi connectivity index (χ0n) is 19.9. The van der Waals surface area contributed by atoms with Crippen LogP contribution in [-0.2, 0) is 0 Å². The molecule has 4 heteroatoms. The summed E-state index contributed by atoms with van der Waals surface area (Å²) in [5.74, 6) is 1.64. The summed E-state index contributed by atoms with van der Waals surface area (Å²) in [5, 5.41) is 0.480. The Hall–Kier alpha value is 0.334. The van der Waals surface area contributed by atoms with E-state index in [1.807, 2.05) is 0 Å². The SMILES string of the molecule is CCB1N(C2CCCCC2)C(=NC2CCCCC2)[CH]([Sn]([CH3])([CH3])[CH3])C1(CC)CC. The van der Waals surface area contributed by atoms with Crippen LogP contribution in [0.5, 0.6) is 0 Å². The maximum atomic E-state index is 5.72. The van der Waals surface area contributed by atoms with Crippen molar-refractivity contribution in [2.45, 2.75) is 140 Å². The molecule has 2 saturated carbocycles. The van der Waals surface area contributed by atoms with E-state index < -0.39 is 18.4 Å². The normalized spacial score (nSPS) is 29.1. The van der Waals surface area contributed by atoms with Gasteiger partial charge >= 0.3 is 181 Å². The zero-order chi connectivity index (χ0) is 20.4. The van der Waals surface area contributed by atoms with E-state index in [0.717, 1.165) is 16.8 Å². The minimum absolute atomic E-state index is 0.480. The van der Waals surface area contributed by atoms with E-state index in [1.54, 1.807) is 5.84 Å². The summed E-state index contributed by atoms with van der Waals surface area (Å²) in [6, 6.07) is 1.39. The Bertz CT molecular complexity index is 525. The van der Waals surface area contributed by atoms with Crippen LogP contribution in [-0.4, -0.2) is 48.0 Å². The molecule has 0 amide bonds. The molecule has 0 N–H and O–H groups in total. The van der Waals surface area contributed by atoms with Gasteiger partial charge in [-0.3, -0.25) is 0 Å². The summed E-state index contributed by atoms with van der Waals surface area (Å²) in [5.41, 5.74) is 0. The number of amidine groups is 1. The van der Waals surface area contributed by atoms with Crippen LogP contribution in [0.4, 0.5) is 0 Å². The molecule has 0 radical (unpaired) electrons. The van der Waals surface area contributed by atoms with E-state index >= 15 is 0 Å². The molecule has 0 bridgehead atoms. The Labute approximate surface area is 180 Å². The van der Waals surface area contributed by atoms with Gasteiger partial charge in [0.05, 0.1) is 0 Å². The van der Waals surface area contributed by atoms with Crippen molar-refractivity contribution in [3.8, 4) is 0 Å². The van der Waals surface area contributed by atoms with Crippen LogP contribution in [0, 0.1) is 0 Å². The standard InChI is InChI=1S/C21H38BN2.3CH3.Sn/c1-4-21(5-2)17-20(23-18-13-9-7-10-14-18)24(22(21)6-3)19-15-11-8-12-16-19;;;;/h17-19H,4-16H2,1-3H3;3*1H3;. The number of aliphatic imine (C=N–C) groups is 1. The van der Waals surface area contributed by atoms with Crippen LogP contribution in [0.25, 0.3) is 0 Å². The van der Waals surface area contributed by atoms with E-state index in [-0.39, 0.29) is 0 Å². The molecule has 1 atom stereocenters. The molecule has 2 nitrogen and oxygen atoms in total. The molecule has 0 spiro atoms. The fourth-order valence-corrected chi connectivity index (χ4v) is 16.8. The molecular formula is C24H47BN2Sn. The first kappa shape index (κ1) is 23.0. The molecule has 28 heavy (non-hydrogen) atoms. The van der Waals surface area contributed by atoms with Gasteiger partial charge in [0.15, 0.2) is 0 Å². The van der Waals surface area contributed by atoms with Crippen molar-refractivity contribution in [1.82, 2.24) is 4.81 Å². The number of nitrogens with zero attached hydrogens (tertiary/aromatic N) is 2. The molecule has 1 unspecified atom stereocenters. The van der Waals surface area contributed by atoms with E-state index in [2.05, 4.69) is 40.4 Å². The van der Waals surface area contributed by atoms with Crippen LogP contribution in [0.2, 0.25) is 30.4 Å². The second-order valence-electron chi connectivity index (χ2n) is 11.1. The molecule has 160 valence electrons. The Morgan fingerprint density at radius 3 is 1.89 bits per heavy atom. The molecule has 1 saturated heterocycles. The fourth-order valence-electron chi connectivity index (χ4n) is 7.36. The summed E-state index contributed by atoms with van der Waals surface area (Å²) in [6.07, 6.45) is 18.1. The van der Waals surface area contributed by atoms with Gasteiger partial charge in [-0.15, -0.1) is 0 Å². The van der Waals surface area contributed by atoms with Crippen LogP contribution < -0.4 is 0 Å². The average Bonchev–Trinajstić information content (AvgIpc) is 2.99. The van der Waals surface area contributed by atoms with Gasteiger partial charge in [0.2, 0.25) is 0 Å². The van der Waals surface area contributed by atoms with Crippen molar-refractivity contribution in [3.05, 3.63) is 0 Å². The molecule has 3 aliphatic rings. The van der Waals surface area contributed by atoms with Crippen molar-refractivity contribution in [2.24, 2.45) is 4.99 Å². The Morgan fingerprint density at radius 1 is 0.893 bits per heavy atom. The van der Waals surface area contributed by atoms with E-state index in [1.165, 1.54) is 83.4 Å². The molecular weight excluding hydrogens is 446 g/mol. The summed E-state index contributed by atoms with van der Waals surface area (Å²) in [6.45, 7) is 8.20. The van der Waals surface area contributed by atoms with Gasteiger partial charge in [0.25, 0.3) is 0 Å². The van der Waals surface area contributed by atoms with Gasteiger partial charge in [0, 0.05) is 0 Å².